The van der Waals surface area contributed by atoms with Crippen molar-refractivity contribution in [1.82, 2.24) is 15.1 Å². The molecule has 0 unspecified atom stereocenters. The molecule has 3 aliphatic heterocycles. The van der Waals surface area contributed by atoms with Crippen molar-refractivity contribution in [2.75, 3.05) is 32.8 Å². The number of benzene rings is 1. The number of fused-ring (bicyclic) bond motifs is 1. The first-order chi connectivity index (χ1) is 13.2. The Labute approximate surface area is 163 Å². The topological polar surface area (TPSA) is 44.8 Å². The van der Waals surface area contributed by atoms with Crippen molar-refractivity contribution in [3.05, 3.63) is 35.9 Å². The van der Waals surface area contributed by atoms with Gasteiger partial charge in [0.15, 0.2) is 0 Å². The third-order valence-corrected chi connectivity index (χ3v) is 6.39. The van der Waals surface area contributed by atoms with Crippen LogP contribution in [0.2, 0.25) is 0 Å². The van der Waals surface area contributed by atoms with Crippen LogP contribution in [-0.4, -0.2) is 66.7 Å². The van der Waals surface area contributed by atoms with Crippen molar-refractivity contribution in [2.45, 2.75) is 57.3 Å². The normalized spacial score (nSPS) is 30.2. The van der Waals surface area contributed by atoms with E-state index >= 15 is 0 Å². The summed E-state index contributed by atoms with van der Waals surface area (Å²) in [7, 11) is 0. The maximum Gasteiger partial charge on any atom is 0.220 e. The van der Waals surface area contributed by atoms with E-state index in [1.54, 1.807) is 0 Å². The van der Waals surface area contributed by atoms with E-state index < -0.39 is 0 Å². The second kappa shape index (κ2) is 8.72. The molecule has 148 valence electrons. The highest BCUT2D eigenvalue weighted by molar-refractivity contribution is 5.76. The summed E-state index contributed by atoms with van der Waals surface area (Å²) >= 11 is 0. The number of hydrogen-bond acceptors (Lipinski definition) is 4. The molecule has 3 aliphatic rings. The smallest absolute Gasteiger partial charge is 0.220 e. The fourth-order valence-electron chi connectivity index (χ4n) is 4.88. The average molecular weight is 372 g/mol. The molecule has 3 heterocycles. The minimum atomic E-state index is 0.246. The molecule has 0 saturated carbocycles. The van der Waals surface area contributed by atoms with Gasteiger partial charge in [0.2, 0.25) is 5.91 Å². The summed E-state index contributed by atoms with van der Waals surface area (Å²) in [6.45, 7) is 8.15. The Balaban J connectivity index is 1.17. The van der Waals surface area contributed by atoms with Gasteiger partial charge in [-0.2, -0.15) is 0 Å². The van der Waals surface area contributed by atoms with Crippen molar-refractivity contribution < 1.29 is 9.53 Å². The Morgan fingerprint density at radius 1 is 1.19 bits per heavy atom. The van der Waals surface area contributed by atoms with E-state index in [-0.39, 0.29) is 5.91 Å². The number of amides is 1. The lowest BCUT2D eigenvalue weighted by atomic mass is 9.93. The summed E-state index contributed by atoms with van der Waals surface area (Å²) in [6, 6.07) is 11.5. The van der Waals surface area contributed by atoms with Crippen LogP contribution in [0.25, 0.3) is 0 Å². The van der Waals surface area contributed by atoms with E-state index in [0.29, 0.717) is 30.5 Å². The third kappa shape index (κ3) is 5.09. The first-order valence-electron chi connectivity index (χ1n) is 10.6. The molecule has 27 heavy (non-hydrogen) atoms. The van der Waals surface area contributed by atoms with Crippen molar-refractivity contribution in [2.24, 2.45) is 5.92 Å². The van der Waals surface area contributed by atoms with E-state index in [2.05, 4.69) is 52.4 Å². The second-order valence-electron chi connectivity index (χ2n) is 8.66. The van der Waals surface area contributed by atoms with Gasteiger partial charge < -0.3 is 10.1 Å². The molecule has 3 saturated heterocycles. The van der Waals surface area contributed by atoms with Gasteiger partial charge in [-0.3, -0.25) is 14.6 Å². The molecule has 1 aromatic carbocycles. The van der Waals surface area contributed by atoms with Crippen LogP contribution in [0, 0.1) is 5.92 Å². The molecule has 0 aliphatic carbocycles. The maximum absolute atomic E-state index is 12.5. The van der Waals surface area contributed by atoms with E-state index in [0.717, 1.165) is 58.6 Å². The standard InChI is InChI=1S/C22H33N3O2/c1-17-13-25-15-20(12-21(25)16-27-17)23-22(26)11-18-7-9-24(10-8-18)14-19-5-3-2-4-6-19/h2-6,17-18,20-21H,7-16H2,1H3,(H,23,26)/t17-,20-,21-/m0/s1. The molecule has 5 nitrogen and oxygen atoms in total. The number of ether oxygens (including phenoxy) is 1. The number of morpholine rings is 1. The van der Waals surface area contributed by atoms with Crippen molar-refractivity contribution in [3.63, 3.8) is 0 Å². The van der Waals surface area contributed by atoms with Crippen molar-refractivity contribution in [1.29, 1.82) is 0 Å². The highest BCUT2D eigenvalue weighted by Crippen LogP contribution is 2.25. The van der Waals surface area contributed by atoms with E-state index in [4.69, 9.17) is 4.74 Å². The van der Waals surface area contributed by atoms with Gasteiger partial charge in [-0.1, -0.05) is 30.3 Å². The van der Waals surface area contributed by atoms with Gasteiger partial charge in [-0.15, -0.1) is 0 Å². The van der Waals surface area contributed by atoms with Crippen LogP contribution in [0.4, 0.5) is 0 Å². The molecule has 0 bridgehead atoms. The summed E-state index contributed by atoms with van der Waals surface area (Å²) < 4.78 is 5.76. The molecule has 1 aromatic rings. The fraction of sp³-hybridized carbons (Fsp3) is 0.682. The molecule has 1 amide bonds. The molecule has 4 rings (SSSR count). The zero-order chi connectivity index (χ0) is 18.6. The Morgan fingerprint density at radius 2 is 1.96 bits per heavy atom. The zero-order valence-corrected chi connectivity index (χ0v) is 16.5. The first-order valence-corrected chi connectivity index (χ1v) is 10.6. The fourth-order valence-corrected chi connectivity index (χ4v) is 4.88. The lowest BCUT2D eigenvalue weighted by molar-refractivity contribution is -0.123. The molecule has 1 N–H and O–H groups in total. The Morgan fingerprint density at radius 3 is 2.74 bits per heavy atom. The highest BCUT2D eigenvalue weighted by Gasteiger charge is 2.36. The minimum absolute atomic E-state index is 0.246. The van der Waals surface area contributed by atoms with E-state index in [1.165, 1.54) is 5.56 Å². The first kappa shape index (κ1) is 18.9. The number of nitrogens with zero attached hydrogens (tertiary/aromatic N) is 2. The van der Waals surface area contributed by atoms with Crippen LogP contribution in [0.1, 0.15) is 38.2 Å². The molecular formula is C22H33N3O2. The number of nitrogens with one attached hydrogen (secondary N) is 1. The number of piperidine rings is 1. The molecule has 0 spiro atoms. The van der Waals surface area contributed by atoms with Gasteiger partial charge in [0, 0.05) is 38.1 Å². The van der Waals surface area contributed by atoms with Crippen LogP contribution in [0.15, 0.2) is 30.3 Å². The molecule has 3 atom stereocenters. The summed E-state index contributed by atoms with van der Waals surface area (Å²) in [5, 5.41) is 3.30. The van der Waals surface area contributed by atoms with Crippen LogP contribution < -0.4 is 5.32 Å². The number of carbonyl (C=O) groups is 1. The number of likely N-dealkylation sites (tertiary alicyclic amines) is 1. The lowest BCUT2D eigenvalue weighted by Crippen LogP contribution is -2.45. The SMILES string of the molecule is C[C@H]1CN2C[C@@H](NC(=O)CC3CCN(Cc4ccccc4)CC3)C[C@H]2CO1. The van der Waals surface area contributed by atoms with Gasteiger partial charge in [0.05, 0.1) is 12.7 Å². The lowest BCUT2D eigenvalue weighted by Gasteiger charge is -2.33. The van der Waals surface area contributed by atoms with Gasteiger partial charge >= 0.3 is 0 Å². The largest absolute Gasteiger partial charge is 0.376 e. The Bertz CT molecular complexity index is 615. The van der Waals surface area contributed by atoms with Gasteiger partial charge in [-0.25, -0.2) is 0 Å². The Kier molecular flexibility index (Phi) is 6.11. The second-order valence-corrected chi connectivity index (χ2v) is 8.66. The maximum atomic E-state index is 12.5. The van der Waals surface area contributed by atoms with Gasteiger partial charge in [0.1, 0.15) is 0 Å². The van der Waals surface area contributed by atoms with Crippen LogP contribution >= 0.6 is 0 Å². The van der Waals surface area contributed by atoms with Gasteiger partial charge in [0.25, 0.3) is 0 Å². The molecular weight excluding hydrogens is 338 g/mol. The Hall–Kier alpha value is -1.43. The minimum Gasteiger partial charge on any atom is -0.376 e. The summed E-state index contributed by atoms with van der Waals surface area (Å²) in [5.74, 6) is 0.777. The number of carbonyl (C=O) groups excluding carboxylic acids is 1. The predicted octanol–water partition coefficient (Wildman–Crippen LogP) is 2.27. The third-order valence-electron chi connectivity index (χ3n) is 6.39. The monoisotopic (exact) mass is 371 g/mol. The molecule has 3 fully saturated rings. The summed E-state index contributed by atoms with van der Waals surface area (Å²) in [4.78, 5) is 17.5. The zero-order valence-electron chi connectivity index (χ0n) is 16.5. The molecule has 5 heteroatoms. The van der Waals surface area contributed by atoms with Crippen molar-refractivity contribution >= 4 is 5.91 Å². The molecule has 0 aromatic heterocycles. The van der Waals surface area contributed by atoms with Crippen LogP contribution in [-0.2, 0) is 16.1 Å². The average Bonchev–Trinajstić information content (AvgIpc) is 3.05. The summed E-state index contributed by atoms with van der Waals surface area (Å²) in [5.41, 5.74) is 1.38. The number of hydrogen-bond donors (Lipinski definition) is 1. The quantitative estimate of drug-likeness (QED) is 0.862. The van der Waals surface area contributed by atoms with Crippen LogP contribution in [0.3, 0.4) is 0 Å². The van der Waals surface area contributed by atoms with Crippen molar-refractivity contribution in [3.8, 4) is 0 Å². The predicted molar refractivity (Wildman–Crippen MR) is 106 cm³/mol. The van der Waals surface area contributed by atoms with E-state index in [1.807, 2.05) is 0 Å². The number of rotatable bonds is 5. The summed E-state index contributed by atoms with van der Waals surface area (Å²) in [6.07, 6.45) is 4.30. The van der Waals surface area contributed by atoms with Gasteiger partial charge in [-0.05, 0) is 50.8 Å². The molecule has 0 radical (unpaired) electrons. The van der Waals surface area contributed by atoms with E-state index in [9.17, 15) is 4.79 Å². The van der Waals surface area contributed by atoms with Crippen LogP contribution in [0.5, 0.6) is 0 Å². The highest BCUT2D eigenvalue weighted by atomic mass is 16.5.